The van der Waals surface area contributed by atoms with Crippen molar-refractivity contribution in [1.29, 1.82) is 0 Å². The Morgan fingerprint density at radius 2 is 1.81 bits per heavy atom. The van der Waals surface area contributed by atoms with Gasteiger partial charge in [-0.05, 0) is 42.0 Å². The van der Waals surface area contributed by atoms with Crippen molar-refractivity contribution in [2.24, 2.45) is 0 Å². The molecule has 138 valence electrons. The lowest BCUT2D eigenvalue weighted by Gasteiger charge is -2.09. The number of amides is 1. The molecule has 0 radical (unpaired) electrons. The van der Waals surface area contributed by atoms with Gasteiger partial charge >= 0.3 is 0 Å². The third-order valence-electron chi connectivity index (χ3n) is 3.96. The molecule has 0 bridgehead atoms. The summed E-state index contributed by atoms with van der Waals surface area (Å²) in [5.41, 5.74) is 1.72. The number of halogens is 2. The molecule has 5 nitrogen and oxygen atoms in total. The van der Waals surface area contributed by atoms with Gasteiger partial charge in [-0.2, -0.15) is 5.10 Å². The van der Waals surface area contributed by atoms with E-state index in [0.29, 0.717) is 16.3 Å². The molecule has 27 heavy (non-hydrogen) atoms. The molecule has 2 aromatic carbocycles. The van der Waals surface area contributed by atoms with Crippen LogP contribution in [0.4, 0.5) is 4.39 Å². The molecule has 0 aliphatic rings. The summed E-state index contributed by atoms with van der Waals surface area (Å²) in [5.74, 6) is -0.529. The molecule has 0 atom stereocenters. The van der Waals surface area contributed by atoms with E-state index < -0.39 is 0 Å². The van der Waals surface area contributed by atoms with Gasteiger partial charge in [-0.3, -0.25) is 9.59 Å². The Hall–Kier alpha value is -2.99. The Balaban J connectivity index is 1.61. The van der Waals surface area contributed by atoms with Crippen LogP contribution in [0.5, 0.6) is 0 Å². The van der Waals surface area contributed by atoms with E-state index in [1.807, 2.05) is 6.07 Å². The molecule has 1 N–H and O–H groups in total. The first kappa shape index (κ1) is 18.8. The highest BCUT2D eigenvalue weighted by molar-refractivity contribution is 6.31. The van der Waals surface area contributed by atoms with Crippen molar-refractivity contribution < 1.29 is 9.18 Å². The quantitative estimate of drug-likeness (QED) is 0.709. The number of carbonyl (C=O) groups is 1. The second-order valence-electron chi connectivity index (χ2n) is 5.90. The molecule has 1 heterocycles. The minimum absolute atomic E-state index is 0.164. The lowest BCUT2D eigenvalue weighted by molar-refractivity contribution is -0.120. The van der Waals surface area contributed by atoms with Gasteiger partial charge in [0.1, 0.15) is 5.82 Å². The summed E-state index contributed by atoms with van der Waals surface area (Å²) in [7, 11) is 0. The van der Waals surface area contributed by atoms with Gasteiger partial charge in [-0.25, -0.2) is 9.07 Å². The third-order valence-corrected chi connectivity index (χ3v) is 4.33. The number of hydrogen-bond acceptors (Lipinski definition) is 3. The van der Waals surface area contributed by atoms with Gasteiger partial charge in [0.25, 0.3) is 5.56 Å². The molecule has 1 aromatic heterocycles. The Morgan fingerprint density at radius 1 is 1.07 bits per heavy atom. The molecule has 1 amide bonds. The van der Waals surface area contributed by atoms with Gasteiger partial charge in [-0.1, -0.05) is 29.8 Å². The summed E-state index contributed by atoms with van der Waals surface area (Å²) in [6, 6.07) is 16.0. The van der Waals surface area contributed by atoms with Gasteiger partial charge < -0.3 is 5.32 Å². The molecule has 0 saturated carbocycles. The van der Waals surface area contributed by atoms with Crippen LogP contribution in [0, 0.1) is 5.82 Å². The third kappa shape index (κ3) is 5.01. The van der Waals surface area contributed by atoms with Crippen LogP contribution in [-0.4, -0.2) is 22.2 Å². The van der Waals surface area contributed by atoms with Gasteiger partial charge in [0, 0.05) is 23.2 Å². The van der Waals surface area contributed by atoms with Crippen molar-refractivity contribution >= 4 is 17.5 Å². The SMILES string of the molecule is O=C(Cc1ccccc1Cl)NCCn1nc(-c2ccc(F)cc2)ccc1=O. The van der Waals surface area contributed by atoms with Gasteiger partial charge in [0.05, 0.1) is 18.7 Å². The van der Waals surface area contributed by atoms with E-state index in [4.69, 9.17) is 11.6 Å². The van der Waals surface area contributed by atoms with Crippen molar-refractivity contribution in [2.75, 3.05) is 6.54 Å². The van der Waals surface area contributed by atoms with E-state index in [1.54, 1.807) is 36.4 Å². The standard InChI is InChI=1S/C20H17ClFN3O2/c21-17-4-2-1-3-15(17)13-19(26)23-11-12-25-20(27)10-9-18(24-25)14-5-7-16(22)8-6-14/h1-10H,11-13H2,(H,23,26). The number of aromatic nitrogens is 2. The highest BCUT2D eigenvalue weighted by atomic mass is 35.5. The first-order valence-corrected chi connectivity index (χ1v) is 8.75. The Labute approximate surface area is 160 Å². The molecule has 0 unspecified atom stereocenters. The van der Waals surface area contributed by atoms with E-state index >= 15 is 0 Å². The fraction of sp³-hybridized carbons (Fsp3) is 0.150. The Morgan fingerprint density at radius 3 is 2.56 bits per heavy atom. The van der Waals surface area contributed by atoms with E-state index in [-0.39, 0.29) is 36.8 Å². The van der Waals surface area contributed by atoms with Crippen molar-refractivity contribution in [3.8, 4) is 11.3 Å². The van der Waals surface area contributed by atoms with Crippen LogP contribution in [0.2, 0.25) is 5.02 Å². The molecule has 0 fully saturated rings. The average molecular weight is 386 g/mol. The zero-order chi connectivity index (χ0) is 19.2. The molecule has 0 aliphatic carbocycles. The molecular formula is C20H17ClFN3O2. The summed E-state index contributed by atoms with van der Waals surface area (Å²) in [4.78, 5) is 24.0. The molecule has 0 spiro atoms. The maximum absolute atomic E-state index is 13.0. The van der Waals surface area contributed by atoms with Crippen LogP contribution in [-0.2, 0) is 17.8 Å². The van der Waals surface area contributed by atoms with Gasteiger partial charge in [0.2, 0.25) is 5.91 Å². The zero-order valence-corrected chi connectivity index (χ0v) is 15.1. The largest absolute Gasteiger partial charge is 0.354 e. The number of carbonyl (C=O) groups excluding carboxylic acids is 1. The topological polar surface area (TPSA) is 64.0 Å². The number of benzene rings is 2. The predicted molar refractivity (Wildman–Crippen MR) is 102 cm³/mol. The average Bonchev–Trinajstić information content (AvgIpc) is 2.66. The molecule has 3 aromatic rings. The van der Waals surface area contributed by atoms with Crippen LogP contribution in [0.3, 0.4) is 0 Å². The number of nitrogens with one attached hydrogen (secondary N) is 1. The molecular weight excluding hydrogens is 369 g/mol. The molecule has 7 heteroatoms. The summed E-state index contributed by atoms with van der Waals surface area (Å²) in [6.07, 6.45) is 0.164. The number of nitrogens with zero attached hydrogens (tertiary/aromatic N) is 2. The van der Waals surface area contributed by atoms with E-state index in [9.17, 15) is 14.0 Å². The van der Waals surface area contributed by atoms with Crippen LogP contribution in [0.1, 0.15) is 5.56 Å². The monoisotopic (exact) mass is 385 g/mol. The maximum Gasteiger partial charge on any atom is 0.266 e. The molecule has 0 saturated heterocycles. The second-order valence-corrected chi connectivity index (χ2v) is 6.31. The first-order valence-electron chi connectivity index (χ1n) is 8.37. The van der Waals surface area contributed by atoms with Crippen LogP contribution in [0.15, 0.2) is 65.5 Å². The normalized spacial score (nSPS) is 10.6. The highest BCUT2D eigenvalue weighted by Gasteiger charge is 2.07. The van der Waals surface area contributed by atoms with Gasteiger partial charge in [-0.15, -0.1) is 0 Å². The molecule has 3 rings (SSSR count). The number of rotatable bonds is 6. The van der Waals surface area contributed by atoms with Crippen LogP contribution >= 0.6 is 11.6 Å². The van der Waals surface area contributed by atoms with Crippen molar-refractivity contribution in [3.63, 3.8) is 0 Å². The smallest absolute Gasteiger partial charge is 0.266 e. The fourth-order valence-corrected chi connectivity index (χ4v) is 2.76. The van der Waals surface area contributed by atoms with Gasteiger partial charge in [0.15, 0.2) is 0 Å². The van der Waals surface area contributed by atoms with E-state index in [2.05, 4.69) is 10.4 Å². The van der Waals surface area contributed by atoms with E-state index in [1.165, 1.54) is 22.9 Å². The van der Waals surface area contributed by atoms with E-state index in [0.717, 1.165) is 5.56 Å². The van der Waals surface area contributed by atoms with Crippen molar-refractivity contribution in [3.05, 3.63) is 87.4 Å². The van der Waals surface area contributed by atoms with Crippen LogP contribution in [0.25, 0.3) is 11.3 Å². The summed E-state index contributed by atoms with van der Waals surface area (Å²) in [5, 5.41) is 7.57. The van der Waals surface area contributed by atoms with Crippen molar-refractivity contribution in [2.45, 2.75) is 13.0 Å². The minimum atomic E-state index is -0.340. The Bertz CT molecular complexity index is 1000. The lowest BCUT2D eigenvalue weighted by Crippen LogP contribution is -2.32. The number of hydrogen-bond donors (Lipinski definition) is 1. The van der Waals surface area contributed by atoms with Crippen molar-refractivity contribution in [1.82, 2.24) is 15.1 Å². The summed E-state index contributed by atoms with van der Waals surface area (Å²) >= 11 is 6.05. The second kappa shape index (κ2) is 8.60. The highest BCUT2D eigenvalue weighted by Crippen LogP contribution is 2.16. The Kier molecular flexibility index (Phi) is 5.98. The summed E-state index contributed by atoms with van der Waals surface area (Å²) < 4.78 is 14.3. The zero-order valence-electron chi connectivity index (χ0n) is 14.4. The summed E-state index contributed by atoms with van der Waals surface area (Å²) in [6.45, 7) is 0.477. The maximum atomic E-state index is 13.0. The minimum Gasteiger partial charge on any atom is -0.354 e. The fourth-order valence-electron chi connectivity index (χ4n) is 2.56. The predicted octanol–water partition coefficient (Wildman–Crippen LogP) is 3.06. The van der Waals surface area contributed by atoms with Crippen LogP contribution < -0.4 is 10.9 Å². The first-order chi connectivity index (χ1) is 13.0. The molecule has 0 aliphatic heterocycles. The lowest BCUT2D eigenvalue weighted by atomic mass is 10.1.